The summed E-state index contributed by atoms with van der Waals surface area (Å²) in [5.41, 5.74) is 0. The number of carbonyl (C=O) groups excluding carboxylic acids is 4. The molecule has 0 saturated carbocycles. The first-order chi connectivity index (χ1) is 42.2. The fourth-order valence-corrected chi connectivity index (χ4v) is 11.9. The van der Waals surface area contributed by atoms with Gasteiger partial charge < -0.3 is 33.8 Å². The molecule has 0 fully saturated rings. The molecule has 0 bridgehead atoms. The van der Waals surface area contributed by atoms with Crippen LogP contribution < -0.4 is 0 Å². The molecule has 0 aromatic heterocycles. The van der Waals surface area contributed by atoms with Crippen molar-refractivity contribution >= 4 is 39.5 Å². The Balaban J connectivity index is 5.13. The van der Waals surface area contributed by atoms with Crippen molar-refractivity contribution in [3.8, 4) is 0 Å². The number of aliphatic hydroxyl groups is 1. The smallest absolute Gasteiger partial charge is 0.462 e. The van der Waals surface area contributed by atoms with Crippen LogP contribution in [0.1, 0.15) is 355 Å². The average Bonchev–Trinajstić information content (AvgIpc) is 3.61. The molecule has 0 aromatic rings. The first-order valence-corrected chi connectivity index (χ1v) is 38.8. The van der Waals surface area contributed by atoms with Gasteiger partial charge in [0.15, 0.2) is 12.2 Å². The summed E-state index contributed by atoms with van der Waals surface area (Å²) >= 11 is 0. The molecule has 0 aromatic carbocycles. The lowest BCUT2D eigenvalue weighted by Gasteiger charge is -2.21. The summed E-state index contributed by atoms with van der Waals surface area (Å²) in [5, 5.41) is 10.5. The molecule has 0 aliphatic heterocycles. The van der Waals surface area contributed by atoms with E-state index in [0.29, 0.717) is 25.7 Å². The number of ether oxygens (including phenoxy) is 4. The molecule has 0 radical (unpaired) electrons. The molecule has 87 heavy (non-hydrogen) atoms. The highest BCUT2D eigenvalue weighted by molar-refractivity contribution is 7.47. The molecule has 5 atom stereocenters. The number of hydrogen-bond donors (Lipinski definition) is 3. The van der Waals surface area contributed by atoms with Crippen LogP contribution in [0.3, 0.4) is 0 Å². The second-order valence-electron chi connectivity index (χ2n) is 24.6. The largest absolute Gasteiger partial charge is 0.472 e. The van der Waals surface area contributed by atoms with Crippen molar-refractivity contribution in [2.75, 3.05) is 39.6 Å². The van der Waals surface area contributed by atoms with Crippen LogP contribution >= 0.6 is 15.6 Å². The summed E-state index contributed by atoms with van der Waals surface area (Å²) < 4.78 is 67.9. The van der Waals surface area contributed by atoms with Gasteiger partial charge in [0, 0.05) is 25.7 Å². The predicted molar refractivity (Wildman–Crippen MR) is 349 cm³/mol. The first-order valence-electron chi connectivity index (χ1n) is 35.8. The van der Waals surface area contributed by atoms with Gasteiger partial charge in [0.05, 0.1) is 26.4 Å². The number of rotatable bonds is 69. The van der Waals surface area contributed by atoms with E-state index in [-0.39, 0.29) is 25.7 Å². The number of phosphoric ester groups is 2. The first kappa shape index (κ1) is 85.1. The second-order valence-corrected chi connectivity index (χ2v) is 27.5. The predicted octanol–water partition coefficient (Wildman–Crippen LogP) is 19.5. The second kappa shape index (κ2) is 62.8. The van der Waals surface area contributed by atoms with E-state index in [0.717, 1.165) is 96.3 Å². The van der Waals surface area contributed by atoms with Gasteiger partial charge in [0.1, 0.15) is 19.3 Å². The zero-order valence-electron chi connectivity index (χ0n) is 56.0. The normalized spacial score (nSPS) is 14.1. The fraction of sp³-hybridized carbons (Fsp3) is 0.941. The van der Waals surface area contributed by atoms with Gasteiger partial charge >= 0.3 is 39.5 Å². The van der Waals surface area contributed by atoms with Crippen molar-refractivity contribution in [1.29, 1.82) is 0 Å². The molecular weight excluding hydrogens is 1150 g/mol. The summed E-state index contributed by atoms with van der Waals surface area (Å²) in [6.07, 6.45) is 50.4. The van der Waals surface area contributed by atoms with Gasteiger partial charge in [0.25, 0.3) is 0 Å². The molecule has 3 N–H and O–H groups in total. The molecule has 17 nitrogen and oxygen atoms in total. The van der Waals surface area contributed by atoms with E-state index < -0.39 is 97.5 Å². The lowest BCUT2D eigenvalue weighted by Crippen LogP contribution is -2.30. The molecule has 19 heteroatoms. The summed E-state index contributed by atoms with van der Waals surface area (Å²) in [7, 11) is -9.88. The van der Waals surface area contributed by atoms with Gasteiger partial charge in [-0.25, -0.2) is 9.13 Å². The number of carbonyl (C=O) groups is 4. The number of unbranched alkanes of at least 4 members (excludes halogenated alkanes) is 43. The lowest BCUT2D eigenvalue weighted by atomic mass is 10.0. The summed E-state index contributed by atoms with van der Waals surface area (Å²) in [4.78, 5) is 72.1. The van der Waals surface area contributed by atoms with Crippen LogP contribution in [-0.4, -0.2) is 96.7 Å². The molecule has 0 amide bonds. The van der Waals surface area contributed by atoms with Crippen molar-refractivity contribution in [3.05, 3.63) is 0 Å². The standard InChI is InChI=1S/C68H132O17P2/c1-5-9-13-17-20-23-25-27-29-30-31-33-35-37-40-43-47-51-55-68(73)85-64(59-79-66(71)53-49-45-41-39-36-34-32-28-26-24-21-18-14-10-6-2)61-83-87(76,77)81-57-62(69)56-80-86(74,75)82-60-63(58-78-65(70)52-48-44-16-12-8-4)84-67(72)54-50-46-42-38-22-19-15-11-7-3/h62-64,69H,5-61H2,1-4H3,(H,74,75)(H,76,77)/t62-,63+,64+/m0/s1. The van der Waals surface area contributed by atoms with E-state index in [9.17, 15) is 43.2 Å². The van der Waals surface area contributed by atoms with Gasteiger partial charge in [-0.2, -0.15) is 0 Å². The molecule has 0 heterocycles. The minimum Gasteiger partial charge on any atom is -0.462 e. The summed E-state index contributed by atoms with van der Waals surface area (Å²) in [6, 6.07) is 0. The minimum atomic E-state index is -4.95. The maximum Gasteiger partial charge on any atom is 0.472 e. The molecule has 0 spiro atoms. The van der Waals surface area contributed by atoms with E-state index in [1.165, 1.54) is 180 Å². The van der Waals surface area contributed by atoms with Crippen LogP contribution in [0.15, 0.2) is 0 Å². The zero-order chi connectivity index (χ0) is 64.0. The Morgan fingerprint density at radius 1 is 0.276 bits per heavy atom. The molecular formula is C68H132O17P2. The van der Waals surface area contributed by atoms with E-state index >= 15 is 0 Å². The van der Waals surface area contributed by atoms with Crippen molar-refractivity contribution in [2.24, 2.45) is 0 Å². The maximum absolute atomic E-state index is 13.0. The Morgan fingerprint density at radius 2 is 0.460 bits per heavy atom. The highest BCUT2D eigenvalue weighted by Gasteiger charge is 2.30. The number of phosphoric acid groups is 2. The van der Waals surface area contributed by atoms with Crippen molar-refractivity contribution in [2.45, 2.75) is 373 Å². The van der Waals surface area contributed by atoms with E-state index in [4.69, 9.17) is 37.0 Å². The zero-order valence-corrected chi connectivity index (χ0v) is 57.8. The van der Waals surface area contributed by atoms with Gasteiger partial charge in [-0.1, -0.05) is 304 Å². The van der Waals surface area contributed by atoms with Crippen LogP contribution in [0.4, 0.5) is 0 Å². The SMILES string of the molecule is CCCCCCCCCCCCCCCCCCCCC(=O)O[C@H](COC(=O)CCCCCCCCCCCCCCCCC)COP(=O)(O)OC[C@@H](O)COP(=O)(O)OC[C@@H](COC(=O)CCCCCCC)OC(=O)CCCCCCCCCCC. The third-order valence-electron chi connectivity index (χ3n) is 15.9. The third-order valence-corrected chi connectivity index (χ3v) is 17.8. The van der Waals surface area contributed by atoms with Gasteiger partial charge in [0.2, 0.25) is 0 Å². The lowest BCUT2D eigenvalue weighted by molar-refractivity contribution is -0.161. The monoisotopic (exact) mass is 1280 g/mol. The topological polar surface area (TPSA) is 237 Å². The Labute approximate surface area is 530 Å². The molecule has 0 rings (SSSR count). The van der Waals surface area contributed by atoms with E-state index in [1.807, 2.05) is 0 Å². The average molecular weight is 1280 g/mol. The van der Waals surface area contributed by atoms with Crippen LogP contribution in [0.25, 0.3) is 0 Å². The Kier molecular flexibility index (Phi) is 61.4. The fourth-order valence-electron chi connectivity index (χ4n) is 10.3. The third kappa shape index (κ3) is 62.6. The van der Waals surface area contributed by atoms with Gasteiger partial charge in [-0.15, -0.1) is 0 Å². The number of aliphatic hydroxyl groups excluding tert-OH is 1. The van der Waals surface area contributed by atoms with E-state index in [1.54, 1.807) is 0 Å². The van der Waals surface area contributed by atoms with Crippen LogP contribution in [0.5, 0.6) is 0 Å². The van der Waals surface area contributed by atoms with Crippen molar-refractivity contribution < 1.29 is 80.2 Å². The quantitative estimate of drug-likeness (QED) is 0.0222. The number of esters is 4. The van der Waals surface area contributed by atoms with E-state index in [2.05, 4.69) is 27.7 Å². The Morgan fingerprint density at radius 3 is 0.678 bits per heavy atom. The maximum atomic E-state index is 13.0. The summed E-state index contributed by atoms with van der Waals surface area (Å²) in [6.45, 7) is 4.83. The van der Waals surface area contributed by atoms with Crippen molar-refractivity contribution in [3.63, 3.8) is 0 Å². The summed E-state index contributed by atoms with van der Waals surface area (Å²) in [5.74, 6) is -2.14. The van der Waals surface area contributed by atoms with Crippen LogP contribution in [0.2, 0.25) is 0 Å². The van der Waals surface area contributed by atoms with Crippen LogP contribution in [0, 0.1) is 0 Å². The highest BCUT2D eigenvalue weighted by Crippen LogP contribution is 2.45. The Bertz CT molecular complexity index is 1670. The van der Waals surface area contributed by atoms with Crippen LogP contribution in [-0.2, 0) is 65.4 Å². The molecule has 0 aliphatic rings. The molecule has 0 aliphatic carbocycles. The highest BCUT2D eigenvalue weighted by atomic mass is 31.2. The molecule has 2 unspecified atom stereocenters. The van der Waals surface area contributed by atoms with Crippen molar-refractivity contribution in [1.82, 2.24) is 0 Å². The number of hydrogen-bond acceptors (Lipinski definition) is 15. The Hall–Kier alpha value is -1.94. The van der Waals surface area contributed by atoms with Gasteiger partial charge in [-0.3, -0.25) is 37.3 Å². The molecule has 516 valence electrons. The van der Waals surface area contributed by atoms with Gasteiger partial charge in [-0.05, 0) is 25.7 Å². The molecule has 0 saturated heterocycles. The minimum absolute atomic E-state index is 0.105.